The molecule has 0 rings (SSSR count). The lowest BCUT2D eigenvalue weighted by Gasteiger charge is -2.13. The summed E-state index contributed by atoms with van der Waals surface area (Å²) in [6.45, 7) is -1.15. The van der Waals surface area contributed by atoms with Crippen molar-refractivity contribution in [1.82, 2.24) is 5.32 Å². The van der Waals surface area contributed by atoms with Crippen LogP contribution in [0.4, 0.5) is 0 Å². The van der Waals surface area contributed by atoms with Crippen LogP contribution in [0.3, 0.4) is 0 Å². The number of halogens is 1. The largest absolute Gasteiger partial charge is 0.459 e. The minimum atomic E-state index is -3.11. The molecular weight excluding hydrogens is 182 g/mol. The summed E-state index contributed by atoms with van der Waals surface area (Å²) in [7, 11) is 0. The number of esters is 1. The van der Waals surface area contributed by atoms with Crippen LogP contribution in [-0.4, -0.2) is 30.3 Å². The molecule has 4 nitrogen and oxygen atoms in total. The third-order valence-electron chi connectivity index (χ3n) is 0.684. The van der Waals surface area contributed by atoms with Crippen molar-refractivity contribution in [3.8, 4) is 0 Å². The molecule has 0 aromatic heterocycles. The van der Waals surface area contributed by atoms with Crippen LogP contribution < -0.4 is 5.32 Å². The van der Waals surface area contributed by atoms with Crippen molar-refractivity contribution in [1.29, 1.82) is 0 Å². The molecule has 0 spiro atoms. The highest BCUT2D eigenvalue weighted by Gasteiger charge is 2.10. The molecule has 0 unspecified atom stereocenters. The Hall–Kier alpha value is -0.770. The first-order chi connectivity index (χ1) is 7.33. The maximum atomic E-state index is 10.8. The molecule has 5 heteroatoms. The Kier molecular flexibility index (Phi) is 2.46. The van der Waals surface area contributed by atoms with E-state index in [-0.39, 0.29) is 0 Å². The summed E-state index contributed by atoms with van der Waals surface area (Å²) in [6.07, 6.45) is -3.11. The summed E-state index contributed by atoms with van der Waals surface area (Å²) < 4.78 is 41.0. The van der Waals surface area contributed by atoms with Crippen molar-refractivity contribution >= 4 is 23.5 Å². The van der Waals surface area contributed by atoms with Crippen molar-refractivity contribution in [3.05, 3.63) is 0 Å². The lowest BCUT2D eigenvalue weighted by Crippen LogP contribution is -2.34. The molecule has 0 aliphatic rings. The highest BCUT2D eigenvalue weighted by molar-refractivity contribution is 6.18. The Morgan fingerprint density at radius 1 is 1.75 bits per heavy atom. The third kappa shape index (κ3) is 5.97. The molecule has 0 saturated heterocycles. The van der Waals surface area contributed by atoms with Crippen LogP contribution in [0.5, 0.6) is 0 Å². The zero-order chi connectivity index (χ0) is 14.1. The van der Waals surface area contributed by atoms with Crippen LogP contribution in [0.15, 0.2) is 0 Å². The molecule has 0 aromatic rings. The fourth-order valence-corrected chi connectivity index (χ4v) is 0.443. The average Bonchev–Trinajstić information content (AvgIpc) is 1.96. The molecule has 70 valence electrons. The number of hydrogen-bond acceptors (Lipinski definition) is 3. The monoisotopic (exact) mass is 198 g/mol. The van der Waals surface area contributed by atoms with Gasteiger partial charge in [-0.3, -0.25) is 9.59 Å². The fraction of sp³-hybridized carbons (Fsp3) is 0.714. The normalized spacial score (nSPS) is 23.1. The molecule has 0 radical (unpaired) electrons. The zero-order valence-corrected chi connectivity index (χ0v) is 7.36. The topological polar surface area (TPSA) is 55.4 Å². The van der Waals surface area contributed by atoms with Gasteiger partial charge in [0.05, 0.1) is 16.4 Å². The van der Waals surface area contributed by atoms with Crippen molar-refractivity contribution in [2.24, 2.45) is 0 Å². The molecule has 1 atom stereocenters. The number of carbonyl (C=O) groups is 2. The van der Waals surface area contributed by atoms with Gasteiger partial charge in [0.15, 0.2) is 0 Å². The van der Waals surface area contributed by atoms with E-state index < -0.39 is 30.3 Å². The number of rotatable bonds is 4. The predicted molar refractivity (Wildman–Crippen MR) is 45.0 cm³/mol. The second-order valence-electron chi connectivity index (χ2n) is 1.82. The SMILES string of the molecule is [2H]C([2H])(Cl)[C@@]([2H])(OC(C)=O)C([2H])([2H])NC(C)=O. The first kappa shape index (κ1) is 5.07. The highest BCUT2D eigenvalue weighted by Crippen LogP contribution is 1.94. The van der Waals surface area contributed by atoms with Gasteiger partial charge in [-0.25, -0.2) is 0 Å². The van der Waals surface area contributed by atoms with Crippen molar-refractivity contribution in [2.45, 2.75) is 19.9 Å². The Labute approximate surface area is 83.2 Å². The van der Waals surface area contributed by atoms with E-state index in [4.69, 9.17) is 18.5 Å². The van der Waals surface area contributed by atoms with Gasteiger partial charge in [-0.15, -0.1) is 11.6 Å². The fourth-order valence-electron chi connectivity index (χ4n) is 0.357. The second-order valence-corrected chi connectivity index (χ2v) is 2.01. The highest BCUT2D eigenvalue weighted by atomic mass is 35.5. The Balaban J connectivity index is 5.46. The maximum Gasteiger partial charge on any atom is 0.303 e. The van der Waals surface area contributed by atoms with Gasteiger partial charge in [0.2, 0.25) is 5.91 Å². The summed E-state index contributed by atoms with van der Waals surface area (Å²) in [5.41, 5.74) is 0. The molecule has 1 amide bonds. The number of ether oxygens (including phenoxy) is 1. The van der Waals surface area contributed by atoms with Gasteiger partial charge in [0.25, 0.3) is 0 Å². The van der Waals surface area contributed by atoms with Crippen LogP contribution in [0.25, 0.3) is 0 Å². The van der Waals surface area contributed by atoms with Crippen molar-refractivity contribution in [2.75, 3.05) is 12.3 Å². The summed E-state index contributed by atoms with van der Waals surface area (Å²) in [5.74, 6) is -5.00. The van der Waals surface area contributed by atoms with Crippen LogP contribution in [-0.2, 0) is 14.3 Å². The van der Waals surface area contributed by atoms with E-state index in [1.54, 1.807) is 5.32 Å². The van der Waals surface area contributed by atoms with Crippen LogP contribution in [0.1, 0.15) is 20.7 Å². The number of alkyl halides is 1. The minimum absolute atomic E-state index is 0.861. The first-order valence-electron chi connectivity index (χ1n) is 5.51. The molecule has 0 saturated carbocycles. The smallest absolute Gasteiger partial charge is 0.303 e. The van der Waals surface area contributed by atoms with Crippen LogP contribution >= 0.6 is 11.6 Å². The lowest BCUT2D eigenvalue weighted by molar-refractivity contribution is -0.145. The van der Waals surface area contributed by atoms with Crippen LogP contribution in [0, 0.1) is 0 Å². The van der Waals surface area contributed by atoms with Crippen molar-refractivity contribution in [3.63, 3.8) is 0 Å². The summed E-state index contributed by atoms with van der Waals surface area (Å²) >= 11 is 5.23. The van der Waals surface area contributed by atoms with E-state index in [1.807, 2.05) is 0 Å². The number of carbonyl (C=O) groups excluding carboxylic acids is 2. The molecule has 1 N–H and O–H groups in total. The molecule has 0 aliphatic carbocycles. The maximum absolute atomic E-state index is 10.8. The molecule has 0 aliphatic heterocycles. The molecule has 0 bridgehead atoms. The predicted octanol–water partition coefficient (Wildman–Crippen LogP) is 0.293. The van der Waals surface area contributed by atoms with E-state index >= 15 is 0 Å². The number of nitrogens with one attached hydrogen (secondary N) is 1. The van der Waals surface area contributed by atoms with E-state index in [9.17, 15) is 9.59 Å². The quantitative estimate of drug-likeness (QED) is 0.522. The van der Waals surface area contributed by atoms with Gasteiger partial charge >= 0.3 is 5.97 Å². The number of hydrogen-bond donors (Lipinski definition) is 1. The zero-order valence-electron chi connectivity index (χ0n) is 11.6. The van der Waals surface area contributed by atoms with Crippen LogP contribution in [0.2, 0.25) is 0 Å². The first-order valence-corrected chi connectivity index (χ1v) is 3.38. The molecule has 0 aromatic carbocycles. The number of amides is 1. The van der Waals surface area contributed by atoms with Gasteiger partial charge in [0.1, 0.15) is 6.08 Å². The van der Waals surface area contributed by atoms with E-state index in [1.165, 1.54) is 0 Å². The molecular formula is C7H12ClNO3. The third-order valence-corrected chi connectivity index (χ3v) is 0.855. The van der Waals surface area contributed by atoms with E-state index in [0.717, 1.165) is 13.8 Å². The van der Waals surface area contributed by atoms with Gasteiger partial charge in [-0.05, 0) is 0 Å². The van der Waals surface area contributed by atoms with E-state index in [0.29, 0.717) is 0 Å². The van der Waals surface area contributed by atoms with Gasteiger partial charge in [-0.2, -0.15) is 0 Å². The van der Waals surface area contributed by atoms with Gasteiger partial charge in [0, 0.05) is 16.6 Å². The van der Waals surface area contributed by atoms with E-state index in [2.05, 4.69) is 4.74 Å². The van der Waals surface area contributed by atoms with Gasteiger partial charge < -0.3 is 10.1 Å². The second kappa shape index (κ2) is 5.83. The summed E-state index contributed by atoms with van der Waals surface area (Å²) in [4.78, 5) is 21.6. The molecule has 12 heavy (non-hydrogen) atoms. The average molecular weight is 199 g/mol. The summed E-state index contributed by atoms with van der Waals surface area (Å²) in [5, 5.41) is 1.68. The van der Waals surface area contributed by atoms with Gasteiger partial charge in [-0.1, -0.05) is 0 Å². The lowest BCUT2D eigenvalue weighted by atomic mass is 10.4. The summed E-state index contributed by atoms with van der Waals surface area (Å²) in [6, 6.07) is 0. The molecule has 0 heterocycles. The Bertz CT molecular complexity index is 332. The Morgan fingerprint density at radius 2 is 2.33 bits per heavy atom. The Morgan fingerprint density at radius 3 is 2.67 bits per heavy atom. The standard InChI is InChI=1S/C7H12ClNO3/c1-5(10)9-4-7(3-8)12-6(2)11/h7H,3-4H2,1-2H3,(H,9,10)/t7-/m1/s1/i3D2,4D2,7D. The molecule has 0 fully saturated rings. The van der Waals surface area contributed by atoms with Crippen molar-refractivity contribution < 1.29 is 21.2 Å². The minimum Gasteiger partial charge on any atom is -0.459 e.